The minimum Gasteiger partial charge on any atom is -0.369 e. The van der Waals surface area contributed by atoms with Gasteiger partial charge in [-0.15, -0.1) is 0 Å². The third kappa shape index (κ3) is 2.24. The highest BCUT2D eigenvalue weighted by Gasteiger charge is 2.34. The summed E-state index contributed by atoms with van der Waals surface area (Å²) in [4.78, 5) is 28.5. The standard InChI is InChI=1S/C11H12ClN3O2/c1-6-8(12)2-3-9(14-6)15-5-7(11(13)17)4-10(15)16/h2-3,7H,4-5H2,1H3,(H2,13,17). The number of amides is 2. The van der Waals surface area contributed by atoms with Crippen molar-refractivity contribution in [2.45, 2.75) is 13.3 Å². The molecule has 1 unspecified atom stereocenters. The van der Waals surface area contributed by atoms with Crippen molar-refractivity contribution < 1.29 is 9.59 Å². The highest BCUT2D eigenvalue weighted by Crippen LogP contribution is 2.25. The molecule has 1 aliphatic heterocycles. The topological polar surface area (TPSA) is 76.3 Å². The van der Waals surface area contributed by atoms with Crippen LogP contribution in [0.2, 0.25) is 5.02 Å². The van der Waals surface area contributed by atoms with Gasteiger partial charge in [0, 0.05) is 13.0 Å². The molecule has 0 spiro atoms. The minimum atomic E-state index is -0.452. The molecule has 0 aliphatic carbocycles. The second kappa shape index (κ2) is 4.33. The average molecular weight is 254 g/mol. The molecule has 1 aromatic heterocycles. The number of nitrogens with zero attached hydrogens (tertiary/aromatic N) is 2. The number of carbonyl (C=O) groups is 2. The van der Waals surface area contributed by atoms with Crippen LogP contribution < -0.4 is 10.6 Å². The Morgan fingerprint density at radius 3 is 2.82 bits per heavy atom. The van der Waals surface area contributed by atoms with Crippen molar-refractivity contribution in [3.8, 4) is 0 Å². The summed E-state index contributed by atoms with van der Waals surface area (Å²) in [6.07, 6.45) is 0.151. The van der Waals surface area contributed by atoms with Gasteiger partial charge in [0.25, 0.3) is 0 Å². The summed E-state index contributed by atoms with van der Waals surface area (Å²) in [6, 6.07) is 3.35. The normalized spacial score (nSPS) is 19.8. The second-order valence-corrected chi connectivity index (χ2v) is 4.45. The van der Waals surface area contributed by atoms with Gasteiger partial charge in [-0.25, -0.2) is 4.98 Å². The molecule has 0 aromatic carbocycles. The predicted octanol–water partition coefficient (Wildman–Crippen LogP) is 0.882. The molecule has 6 heteroatoms. The van der Waals surface area contributed by atoms with Crippen LogP contribution in [0.4, 0.5) is 5.82 Å². The number of aromatic nitrogens is 1. The van der Waals surface area contributed by atoms with E-state index in [0.29, 0.717) is 23.1 Å². The van der Waals surface area contributed by atoms with E-state index >= 15 is 0 Å². The number of anilines is 1. The zero-order valence-electron chi connectivity index (χ0n) is 9.31. The largest absolute Gasteiger partial charge is 0.369 e. The first-order chi connectivity index (χ1) is 7.99. The Morgan fingerprint density at radius 2 is 2.29 bits per heavy atom. The maximum Gasteiger partial charge on any atom is 0.229 e. The lowest BCUT2D eigenvalue weighted by Gasteiger charge is -2.15. The van der Waals surface area contributed by atoms with Crippen molar-refractivity contribution in [2.75, 3.05) is 11.4 Å². The summed E-state index contributed by atoms with van der Waals surface area (Å²) >= 11 is 5.86. The van der Waals surface area contributed by atoms with Crippen LogP contribution in [-0.4, -0.2) is 23.3 Å². The van der Waals surface area contributed by atoms with Gasteiger partial charge in [0.1, 0.15) is 5.82 Å². The first-order valence-electron chi connectivity index (χ1n) is 5.22. The fourth-order valence-corrected chi connectivity index (χ4v) is 1.91. The van der Waals surface area contributed by atoms with E-state index in [1.165, 1.54) is 4.90 Å². The van der Waals surface area contributed by atoms with E-state index in [4.69, 9.17) is 17.3 Å². The van der Waals surface area contributed by atoms with Gasteiger partial charge in [0.2, 0.25) is 11.8 Å². The third-order valence-corrected chi connectivity index (χ3v) is 3.21. The Balaban J connectivity index is 2.26. The van der Waals surface area contributed by atoms with Gasteiger partial charge in [-0.1, -0.05) is 11.6 Å². The number of hydrogen-bond donors (Lipinski definition) is 1. The van der Waals surface area contributed by atoms with Gasteiger partial charge in [-0.3, -0.25) is 14.5 Å². The number of pyridine rings is 1. The monoisotopic (exact) mass is 253 g/mol. The lowest BCUT2D eigenvalue weighted by Crippen LogP contribution is -2.29. The molecule has 1 aliphatic rings. The van der Waals surface area contributed by atoms with Crippen LogP contribution in [0, 0.1) is 12.8 Å². The number of carbonyl (C=O) groups excluding carboxylic acids is 2. The quantitative estimate of drug-likeness (QED) is 0.850. The first kappa shape index (κ1) is 11.9. The molecule has 0 bridgehead atoms. The molecule has 90 valence electrons. The summed E-state index contributed by atoms with van der Waals surface area (Å²) in [5.74, 6) is -0.504. The number of primary amides is 1. The SMILES string of the molecule is Cc1nc(N2CC(C(N)=O)CC2=O)ccc1Cl. The van der Waals surface area contributed by atoms with Gasteiger partial charge >= 0.3 is 0 Å². The van der Waals surface area contributed by atoms with Crippen molar-refractivity contribution in [3.63, 3.8) is 0 Å². The third-order valence-electron chi connectivity index (χ3n) is 2.81. The summed E-state index contributed by atoms with van der Waals surface area (Å²) < 4.78 is 0. The summed E-state index contributed by atoms with van der Waals surface area (Å²) in [5, 5.41) is 0.548. The van der Waals surface area contributed by atoms with Gasteiger partial charge in [0.05, 0.1) is 16.6 Å². The molecule has 1 saturated heterocycles. The Morgan fingerprint density at radius 1 is 1.59 bits per heavy atom. The van der Waals surface area contributed by atoms with E-state index in [1.54, 1.807) is 19.1 Å². The van der Waals surface area contributed by atoms with Crippen molar-refractivity contribution in [1.82, 2.24) is 4.98 Å². The maximum absolute atomic E-state index is 11.7. The minimum absolute atomic E-state index is 0.136. The molecule has 5 nitrogen and oxygen atoms in total. The van der Waals surface area contributed by atoms with Crippen molar-refractivity contribution in [2.24, 2.45) is 11.7 Å². The first-order valence-corrected chi connectivity index (χ1v) is 5.59. The Hall–Kier alpha value is -1.62. The molecule has 0 saturated carbocycles. The highest BCUT2D eigenvalue weighted by atomic mass is 35.5. The van der Waals surface area contributed by atoms with Crippen LogP contribution in [0.3, 0.4) is 0 Å². The lowest BCUT2D eigenvalue weighted by atomic mass is 10.1. The van der Waals surface area contributed by atoms with Gasteiger partial charge in [0.15, 0.2) is 0 Å². The van der Waals surface area contributed by atoms with E-state index < -0.39 is 11.8 Å². The average Bonchev–Trinajstić information content (AvgIpc) is 2.65. The Labute approximate surface area is 104 Å². The van der Waals surface area contributed by atoms with E-state index in [2.05, 4.69) is 4.98 Å². The van der Waals surface area contributed by atoms with Crippen molar-refractivity contribution in [1.29, 1.82) is 0 Å². The van der Waals surface area contributed by atoms with Gasteiger partial charge in [-0.2, -0.15) is 0 Å². The fourth-order valence-electron chi connectivity index (χ4n) is 1.80. The highest BCUT2D eigenvalue weighted by molar-refractivity contribution is 6.31. The van der Waals surface area contributed by atoms with Crippen molar-refractivity contribution >= 4 is 29.2 Å². The van der Waals surface area contributed by atoms with Gasteiger partial charge < -0.3 is 5.73 Å². The van der Waals surface area contributed by atoms with E-state index in [0.717, 1.165) is 0 Å². The van der Waals surface area contributed by atoms with Crippen LogP contribution in [0.1, 0.15) is 12.1 Å². The molecule has 1 fully saturated rings. The molecule has 2 rings (SSSR count). The molecular formula is C11H12ClN3O2. The van der Waals surface area contributed by atoms with Crippen LogP contribution in [0.5, 0.6) is 0 Å². The zero-order chi connectivity index (χ0) is 12.6. The van der Waals surface area contributed by atoms with E-state index in [1.807, 2.05) is 0 Å². The summed E-state index contributed by atoms with van der Waals surface area (Å²) in [5.41, 5.74) is 5.85. The number of aryl methyl sites for hydroxylation is 1. The molecule has 1 aromatic rings. The van der Waals surface area contributed by atoms with Crippen LogP contribution >= 0.6 is 11.6 Å². The van der Waals surface area contributed by atoms with E-state index in [9.17, 15) is 9.59 Å². The predicted molar refractivity (Wildman–Crippen MR) is 63.6 cm³/mol. The number of nitrogens with two attached hydrogens (primary N) is 1. The smallest absolute Gasteiger partial charge is 0.229 e. The molecular weight excluding hydrogens is 242 g/mol. The summed E-state index contributed by atoms with van der Waals surface area (Å²) in [7, 11) is 0. The number of hydrogen-bond acceptors (Lipinski definition) is 3. The zero-order valence-corrected chi connectivity index (χ0v) is 10.1. The maximum atomic E-state index is 11.7. The second-order valence-electron chi connectivity index (χ2n) is 4.04. The lowest BCUT2D eigenvalue weighted by molar-refractivity contribution is -0.123. The van der Waals surface area contributed by atoms with Crippen LogP contribution in [0.25, 0.3) is 0 Å². The van der Waals surface area contributed by atoms with Gasteiger partial charge in [-0.05, 0) is 19.1 Å². The molecule has 2 heterocycles. The van der Waals surface area contributed by atoms with Crippen LogP contribution in [0.15, 0.2) is 12.1 Å². The van der Waals surface area contributed by atoms with Crippen LogP contribution in [-0.2, 0) is 9.59 Å². The number of halogens is 1. The Kier molecular flexibility index (Phi) is 3.02. The van der Waals surface area contributed by atoms with Crippen molar-refractivity contribution in [3.05, 3.63) is 22.8 Å². The molecule has 17 heavy (non-hydrogen) atoms. The van der Waals surface area contributed by atoms with E-state index in [-0.39, 0.29) is 12.3 Å². The summed E-state index contributed by atoms with van der Waals surface area (Å²) in [6.45, 7) is 2.06. The molecule has 2 amide bonds. The molecule has 0 radical (unpaired) electrons. The molecule has 2 N–H and O–H groups in total. The molecule has 1 atom stereocenters. The Bertz CT molecular complexity index is 490. The number of rotatable bonds is 2. The fraction of sp³-hybridized carbons (Fsp3) is 0.364.